The molecule has 2 aromatic carbocycles. The minimum Gasteiger partial charge on any atom is -0.380 e. The molecular formula is C26H31N3O2. The second-order valence-corrected chi connectivity index (χ2v) is 9.11. The fourth-order valence-corrected chi connectivity index (χ4v) is 5.06. The molecule has 2 saturated heterocycles. The molecule has 2 aliphatic rings. The molecule has 5 nitrogen and oxygen atoms in total. The number of likely N-dealkylation sites (tertiary alicyclic amines) is 1. The quantitative estimate of drug-likeness (QED) is 0.608. The summed E-state index contributed by atoms with van der Waals surface area (Å²) >= 11 is 0. The van der Waals surface area contributed by atoms with E-state index in [1.165, 1.54) is 25.9 Å². The first-order valence-corrected chi connectivity index (χ1v) is 11.6. The Labute approximate surface area is 183 Å². The number of rotatable bonds is 6. The maximum Gasteiger partial charge on any atom is 0.266 e. The van der Waals surface area contributed by atoms with E-state index in [1.54, 1.807) is 4.57 Å². The van der Waals surface area contributed by atoms with E-state index in [0.29, 0.717) is 11.8 Å². The predicted molar refractivity (Wildman–Crippen MR) is 124 cm³/mol. The van der Waals surface area contributed by atoms with Crippen LogP contribution in [-0.2, 0) is 17.6 Å². The highest BCUT2D eigenvalue weighted by Crippen LogP contribution is 2.38. The average molecular weight is 418 g/mol. The van der Waals surface area contributed by atoms with Crippen LogP contribution in [-0.4, -0.2) is 47.3 Å². The van der Waals surface area contributed by atoms with Crippen molar-refractivity contribution in [1.82, 2.24) is 14.5 Å². The predicted octanol–water partition coefficient (Wildman–Crippen LogP) is 3.99. The maximum absolute atomic E-state index is 13.6. The molecule has 1 spiro atoms. The Morgan fingerprint density at radius 2 is 1.81 bits per heavy atom. The van der Waals surface area contributed by atoms with Crippen LogP contribution in [0.1, 0.15) is 37.6 Å². The Balaban J connectivity index is 1.37. The largest absolute Gasteiger partial charge is 0.380 e. The van der Waals surface area contributed by atoms with E-state index in [9.17, 15) is 4.79 Å². The second kappa shape index (κ2) is 8.56. The van der Waals surface area contributed by atoms with Gasteiger partial charge >= 0.3 is 0 Å². The Morgan fingerprint density at radius 1 is 1.03 bits per heavy atom. The van der Waals surface area contributed by atoms with Crippen molar-refractivity contribution in [3.8, 4) is 5.69 Å². The van der Waals surface area contributed by atoms with Gasteiger partial charge in [-0.2, -0.15) is 0 Å². The van der Waals surface area contributed by atoms with Crippen LogP contribution in [0.2, 0.25) is 0 Å². The average Bonchev–Trinajstić information content (AvgIpc) is 2.79. The monoisotopic (exact) mass is 417 g/mol. The van der Waals surface area contributed by atoms with Crippen LogP contribution in [0.3, 0.4) is 0 Å². The SMILES string of the molecule is CCc1nc2cccc(CCCN3CCC4(CC3)COC4)c2c(=O)n1-c1ccccc1. The highest BCUT2D eigenvalue weighted by molar-refractivity contribution is 5.81. The Morgan fingerprint density at radius 3 is 2.48 bits per heavy atom. The lowest BCUT2D eigenvalue weighted by molar-refractivity contribution is -0.139. The number of nitrogens with zero attached hydrogens (tertiary/aromatic N) is 3. The molecule has 0 unspecified atom stereocenters. The zero-order valence-corrected chi connectivity index (χ0v) is 18.3. The van der Waals surface area contributed by atoms with Crippen molar-refractivity contribution in [3.63, 3.8) is 0 Å². The van der Waals surface area contributed by atoms with Crippen LogP contribution in [0, 0.1) is 5.41 Å². The molecule has 0 N–H and O–H groups in total. The second-order valence-electron chi connectivity index (χ2n) is 9.11. The smallest absolute Gasteiger partial charge is 0.266 e. The van der Waals surface area contributed by atoms with Crippen LogP contribution in [0.5, 0.6) is 0 Å². The first kappa shape index (κ1) is 20.4. The molecule has 31 heavy (non-hydrogen) atoms. The van der Waals surface area contributed by atoms with Crippen molar-refractivity contribution in [2.24, 2.45) is 5.41 Å². The van der Waals surface area contributed by atoms with E-state index >= 15 is 0 Å². The van der Waals surface area contributed by atoms with E-state index in [-0.39, 0.29) is 5.56 Å². The summed E-state index contributed by atoms with van der Waals surface area (Å²) in [7, 11) is 0. The molecular weight excluding hydrogens is 386 g/mol. The van der Waals surface area contributed by atoms with Crippen LogP contribution >= 0.6 is 0 Å². The van der Waals surface area contributed by atoms with Gasteiger partial charge in [0.05, 0.1) is 29.8 Å². The van der Waals surface area contributed by atoms with Crippen LogP contribution in [0.15, 0.2) is 53.3 Å². The minimum absolute atomic E-state index is 0.0496. The third kappa shape index (κ3) is 3.92. The van der Waals surface area contributed by atoms with E-state index in [4.69, 9.17) is 9.72 Å². The zero-order chi connectivity index (χ0) is 21.3. The van der Waals surface area contributed by atoms with Crippen molar-refractivity contribution >= 4 is 10.9 Å². The maximum atomic E-state index is 13.6. The molecule has 0 aliphatic carbocycles. The van der Waals surface area contributed by atoms with Gasteiger partial charge in [0, 0.05) is 11.8 Å². The van der Waals surface area contributed by atoms with Gasteiger partial charge in [0.25, 0.3) is 5.56 Å². The lowest BCUT2D eigenvalue weighted by Crippen LogP contribution is -2.50. The number of benzene rings is 2. The van der Waals surface area contributed by atoms with Crippen LogP contribution in [0.4, 0.5) is 0 Å². The van der Waals surface area contributed by atoms with E-state index in [2.05, 4.69) is 17.9 Å². The molecule has 0 saturated carbocycles. The summed E-state index contributed by atoms with van der Waals surface area (Å²) in [6, 6.07) is 16.0. The first-order valence-electron chi connectivity index (χ1n) is 11.6. The van der Waals surface area contributed by atoms with Gasteiger partial charge in [-0.25, -0.2) is 4.98 Å². The summed E-state index contributed by atoms with van der Waals surface area (Å²) in [6.07, 6.45) is 5.19. The summed E-state index contributed by atoms with van der Waals surface area (Å²) in [5.41, 5.74) is 3.35. The van der Waals surface area contributed by atoms with Crippen molar-refractivity contribution in [2.75, 3.05) is 32.8 Å². The lowest BCUT2D eigenvalue weighted by atomic mass is 9.77. The van der Waals surface area contributed by atoms with E-state index in [1.807, 2.05) is 42.5 Å². The molecule has 5 heteroatoms. The molecule has 1 aromatic heterocycles. The highest BCUT2D eigenvalue weighted by atomic mass is 16.5. The zero-order valence-electron chi connectivity index (χ0n) is 18.3. The third-order valence-corrected chi connectivity index (χ3v) is 7.04. The number of piperidine rings is 1. The van der Waals surface area contributed by atoms with Gasteiger partial charge in [0.2, 0.25) is 0 Å². The number of aromatic nitrogens is 2. The summed E-state index contributed by atoms with van der Waals surface area (Å²) < 4.78 is 7.23. The van der Waals surface area contributed by atoms with Gasteiger partial charge < -0.3 is 9.64 Å². The van der Waals surface area contributed by atoms with Crippen molar-refractivity contribution in [1.29, 1.82) is 0 Å². The molecule has 2 fully saturated rings. The van der Waals surface area contributed by atoms with Gasteiger partial charge in [0.15, 0.2) is 0 Å². The highest BCUT2D eigenvalue weighted by Gasteiger charge is 2.40. The van der Waals surface area contributed by atoms with Crippen molar-refractivity contribution < 1.29 is 4.74 Å². The number of hydrogen-bond donors (Lipinski definition) is 0. The van der Waals surface area contributed by atoms with Gasteiger partial charge in [-0.1, -0.05) is 37.3 Å². The Kier molecular flexibility index (Phi) is 5.63. The molecule has 162 valence electrons. The molecule has 2 aliphatic heterocycles. The normalized spacial score (nSPS) is 18.4. The number of hydrogen-bond acceptors (Lipinski definition) is 4. The van der Waals surface area contributed by atoms with Crippen LogP contribution < -0.4 is 5.56 Å². The number of aryl methyl sites for hydroxylation is 2. The number of fused-ring (bicyclic) bond motifs is 1. The molecule has 0 radical (unpaired) electrons. The van der Waals surface area contributed by atoms with Gasteiger partial charge in [0.1, 0.15) is 5.82 Å². The fraction of sp³-hybridized carbons (Fsp3) is 0.462. The summed E-state index contributed by atoms with van der Waals surface area (Å²) in [6.45, 7) is 7.38. The minimum atomic E-state index is 0.0496. The topological polar surface area (TPSA) is 47.4 Å². The van der Waals surface area contributed by atoms with Gasteiger partial charge in [-0.3, -0.25) is 9.36 Å². The van der Waals surface area contributed by atoms with Crippen molar-refractivity contribution in [2.45, 2.75) is 39.0 Å². The van der Waals surface area contributed by atoms with Gasteiger partial charge in [-0.05, 0) is 69.1 Å². The Hall–Kier alpha value is -2.50. The summed E-state index contributed by atoms with van der Waals surface area (Å²) in [4.78, 5) is 21.0. The molecule has 0 atom stereocenters. The first-order chi connectivity index (χ1) is 15.2. The summed E-state index contributed by atoms with van der Waals surface area (Å²) in [5, 5.41) is 0.771. The molecule has 3 heterocycles. The van der Waals surface area contributed by atoms with Crippen LogP contribution in [0.25, 0.3) is 16.6 Å². The van der Waals surface area contributed by atoms with Crippen molar-refractivity contribution in [3.05, 3.63) is 70.3 Å². The third-order valence-electron chi connectivity index (χ3n) is 7.04. The van der Waals surface area contributed by atoms with E-state index in [0.717, 1.165) is 60.6 Å². The summed E-state index contributed by atoms with van der Waals surface area (Å²) in [5.74, 6) is 0.808. The van der Waals surface area contributed by atoms with E-state index < -0.39 is 0 Å². The van der Waals surface area contributed by atoms with Gasteiger partial charge in [-0.15, -0.1) is 0 Å². The fourth-order valence-electron chi connectivity index (χ4n) is 5.06. The molecule has 0 amide bonds. The number of ether oxygens (including phenoxy) is 1. The number of para-hydroxylation sites is 1. The molecule has 3 aromatic rings. The Bertz CT molecular complexity index is 1110. The molecule has 5 rings (SSSR count). The standard InChI is InChI=1S/C26H31N3O2/c1-2-23-27-22-12-6-8-20(24(22)25(30)29(23)21-10-4-3-5-11-21)9-7-15-28-16-13-26(14-17-28)18-31-19-26/h3-6,8,10-12H,2,7,9,13-19H2,1H3. The lowest BCUT2D eigenvalue weighted by Gasteiger charge is -2.47. The molecule has 0 bridgehead atoms.